The van der Waals surface area contributed by atoms with Crippen LogP contribution in [-0.2, 0) is 0 Å². The minimum Gasteiger partial charge on any atom is -0.359 e. The zero-order chi connectivity index (χ0) is 26.8. The van der Waals surface area contributed by atoms with Crippen LogP contribution in [0.2, 0.25) is 0 Å². The number of benzene rings is 1. The van der Waals surface area contributed by atoms with Gasteiger partial charge in [0.2, 0.25) is 0 Å². The van der Waals surface area contributed by atoms with Crippen molar-refractivity contribution < 1.29 is 0 Å². The second kappa shape index (κ2) is 10.5. The van der Waals surface area contributed by atoms with Crippen LogP contribution in [0, 0.1) is 5.92 Å². The molecule has 39 heavy (non-hydrogen) atoms. The summed E-state index contributed by atoms with van der Waals surface area (Å²) in [5.74, 6) is 1.22. The molecular weight excluding hydrogens is 482 g/mol. The summed E-state index contributed by atoms with van der Waals surface area (Å²) >= 11 is 0. The molecule has 1 aromatic carbocycles. The Morgan fingerprint density at radius 3 is 2.64 bits per heavy atom. The fraction of sp³-hybridized carbons (Fsp3) is 0.188. The van der Waals surface area contributed by atoms with Crippen molar-refractivity contribution in [2.45, 2.75) is 32.6 Å². The van der Waals surface area contributed by atoms with Crippen LogP contribution in [0.5, 0.6) is 0 Å². The standard InChI is InChI=1S/C32H31N7/c1-4-21(16-25(5-2)35-20(3)22-8-6-7-9-22)24-10-11-28-26(17-24)31(39-38-28)32-36-29-19-34-18-27(30(29)37-32)23-12-14-33-15-13-23/h4-5,10-19,22,35H,2-3,6-9H2,1H3,(H,36,37)(H,38,39)/b21-4+,25-16+. The monoisotopic (exact) mass is 513 g/mol. The van der Waals surface area contributed by atoms with E-state index >= 15 is 0 Å². The smallest absolute Gasteiger partial charge is 0.159 e. The highest BCUT2D eigenvalue weighted by Gasteiger charge is 2.19. The van der Waals surface area contributed by atoms with E-state index in [9.17, 15) is 0 Å². The molecule has 1 aliphatic rings. The number of hydrogen-bond donors (Lipinski definition) is 3. The van der Waals surface area contributed by atoms with Crippen LogP contribution < -0.4 is 5.32 Å². The van der Waals surface area contributed by atoms with Gasteiger partial charge in [-0.15, -0.1) is 0 Å². The normalized spacial score (nSPS) is 14.8. The van der Waals surface area contributed by atoms with Crippen molar-refractivity contribution in [1.82, 2.24) is 35.5 Å². The summed E-state index contributed by atoms with van der Waals surface area (Å²) in [6.45, 7) is 10.4. The van der Waals surface area contributed by atoms with E-state index < -0.39 is 0 Å². The lowest BCUT2D eigenvalue weighted by Gasteiger charge is -2.17. The van der Waals surface area contributed by atoms with Crippen LogP contribution in [-0.4, -0.2) is 30.1 Å². The molecule has 4 aromatic heterocycles. The van der Waals surface area contributed by atoms with Gasteiger partial charge in [-0.2, -0.15) is 5.10 Å². The Hall–Kier alpha value is -4.78. The first kappa shape index (κ1) is 24.6. The van der Waals surface area contributed by atoms with Gasteiger partial charge in [0.1, 0.15) is 5.69 Å². The third-order valence-corrected chi connectivity index (χ3v) is 7.50. The van der Waals surface area contributed by atoms with E-state index in [-0.39, 0.29) is 0 Å². The van der Waals surface area contributed by atoms with Crippen LogP contribution in [0.3, 0.4) is 0 Å². The van der Waals surface area contributed by atoms with E-state index in [4.69, 9.17) is 4.98 Å². The van der Waals surface area contributed by atoms with Crippen LogP contribution in [0.4, 0.5) is 0 Å². The molecule has 0 amide bonds. The first-order valence-corrected chi connectivity index (χ1v) is 13.3. The van der Waals surface area contributed by atoms with Crippen LogP contribution in [0.25, 0.3) is 50.2 Å². The molecule has 0 bridgehead atoms. The maximum Gasteiger partial charge on any atom is 0.159 e. The van der Waals surface area contributed by atoms with E-state index in [1.165, 1.54) is 25.7 Å². The number of rotatable bonds is 8. The Bertz CT molecular complexity index is 1730. The van der Waals surface area contributed by atoms with Crippen LogP contribution >= 0.6 is 0 Å². The summed E-state index contributed by atoms with van der Waals surface area (Å²) < 4.78 is 0. The summed E-state index contributed by atoms with van der Waals surface area (Å²) in [4.78, 5) is 16.9. The second-order valence-corrected chi connectivity index (χ2v) is 9.92. The SMILES string of the molecule is C=C/C(=C\C(=C/C)c1ccc2[nH]nc(-c3nc4c(-c5ccncc5)cncc4[nH]3)c2c1)NC(=C)C1CCCC1. The number of aromatic amines is 2. The summed E-state index contributed by atoms with van der Waals surface area (Å²) in [5, 5.41) is 12.3. The third kappa shape index (κ3) is 4.79. The van der Waals surface area contributed by atoms with Crippen molar-refractivity contribution in [2.24, 2.45) is 5.92 Å². The summed E-state index contributed by atoms with van der Waals surface area (Å²) in [6, 6.07) is 10.2. The number of allylic oxidation sites excluding steroid dienone is 5. The topological polar surface area (TPSA) is 95.2 Å². The molecule has 0 radical (unpaired) electrons. The van der Waals surface area contributed by atoms with Crippen molar-refractivity contribution in [3.8, 4) is 22.6 Å². The molecule has 194 valence electrons. The summed E-state index contributed by atoms with van der Waals surface area (Å²) in [7, 11) is 0. The lowest BCUT2D eigenvalue weighted by molar-refractivity contribution is 0.607. The van der Waals surface area contributed by atoms with Gasteiger partial charge in [0, 0.05) is 40.9 Å². The molecule has 7 heteroatoms. The highest BCUT2D eigenvalue weighted by atomic mass is 15.1. The average molecular weight is 514 g/mol. The molecular formula is C32H31N7. The van der Waals surface area contributed by atoms with Gasteiger partial charge in [0.25, 0.3) is 0 Å². The molecule has 1 fully saturated rings. The molecule has 0 spiro atoms. The predicted octanol–water partition coefficient (Wildman–Crippen LogP) is 7.33. The zero-order valence-electron chi connectivity index (χ0n) is 22.0. The quantitative estimate of drug-likeness (QED) is 0.189. The Morgan fingerprint density at radius 2 is 1.87 bits per heavy atom. The third-order valence-electron chi connectivity index (χ3n) is 7.50. The molecule has 6 rings (SSSR count). The molecule has 0 aliphatic heterocycles. The minimum absolute atomic E-state index is 0.533. The molecule has 7 nitrogen and oxygen atoms in total. The first-order valence-electron chi connectivity index (χ1n) is 13.3. The predicted molar refractivity (Wildman–Crippen MR) is 158 cm³/mol. The van der Waals surface area contributed by atoms with E-state index in [1.807, 2.05) is 31.3 Å². The molecule has 0 atom stereocenters. The number of nitrogens with one attached hydrogen (secondary N) is 3. The molecule has 3 N–H and O–H groups in total. The first-order chi connectivity index (χ1) is 19.1. The number of hydrogen-bond acceptors (Lipinski definition) is 5. The molecule has 0 unspecified atom stereocenters. The van der Waals surface area contributed by atoms with E-state index in [2.05, 4.69) is 74.0 Å². The van der Waals surface area contributed by atoms with E-state index in [0.717, 1.165) is 61.3 Å². The fourth-order valence-electron chi connectivity index (χ4n) is 5.37. The lowest BCUT2D eigenvalue weighted by atomic mass is 10.0. The number of aromatic nitrogens is 6. The van der Waals surface area contributed by atoms with E-state index in [0.29, 0.717) is 11.7 Å². The maximum atomic E-state index is 4.95. The van der Waals surface area contributed by atoms with Crippen LogP contribution in [0.1, 0.15) is 38.2 Å². The highest BCUT2D eigenvalue weighted by Crippen LogP contribution is 2.33. The number of H-pyrrole nitrogens is 2. The van der Waals surface area contributed by atoms with Gasteiger partial charge in [-0.05, 0) is 78.8 Å². The Balaban J connectivity index is 1.35. The fourth-order valence-corrected chi connectivity index (χ4v) is 5.37. The van der Waals surface area contributed by atoms with Crippen molar-refractivity contribution in [3.63, 3.8) is 0 Å². The van der Waals surface area contributed by atoms with Crippen molar-refractivity contribution in [2.75, 3.05) is 0 Å². The lowest BCUT2D eigenvalue weighted by Crippen LogP contribution is -2.16. The van der Waals surface area contributed by atoms with Gasteiger partial charge < -0.3 is 10.3 Å². The Labute approximate surface area is 227 Å². The van der Waals surface area contributed by atoms with Crippen molar-refractivity contribution in [3.05, 3.63) is 103 Å². The largest absolute Gasteiger partial charge is 0.359 e. The van der Waals surface area contributed by atoms with Gasteiger partial charge in [0.05, 0.1) is 22.7 Å². The molecule has 0 saturated heterocycles. The second-order valence-electron chi connectivity index (χ2n) is 9.92. The van der Waals surface area contributed by atoms with Gasteiger partial charge in [-0.25, -0.2) is 4.98 Å². The van der Waals surface area contributed by atoms with Gasteiger partial charge in [-0.3, -0.25) is 15.1 Å². The molecule has 4 heterocycles. The molecule has 1 aliphatic carbocycles. The maximum absolute atomic E-state index is 4.95. The minimum atomic E-state index is 0.533. The zero-order valence-corrected chi connectivity index (χ0v) is 22.0. The highest BCUT2D eigenvalue weighted by molar-refractivity contribution is 5.98. The van der Waals surface area contributed by atoms with Crippen molar-refractivity contribution >= 4 is 27.5 Å². The molecule has 1 saturated carbocycles. The van der Waals surface area contributed by atoms with Crippen LogP contribution in [0.15, 0.2) is 97.9 Å². The van der Waals surface area contributed by atoms with E-state index in [1.54, 1.807) is 18.6 Å². The Morgan fingerprint density at radius 1 is 1.05 bits per heavy atom. The summed E-state index contributed by atoms with van der Waals surface area (Å²) in [5.41, 5.74) is 9.55. The Kier molecular flexibility index (Phi) is 6.63. The van der Waals surface area contributed by atoms with Gasteiger partial charge >= 0.3 is 0 Å². The van der Waals surface area contributed by atoms with Crippen molar-refractivity contribution in [1.29, 1.82) is 0 Å². The average Bonchev–Trinajstić information content (AvgIpc) is 3.74. The van der Waals surface area contributed by atoms with Gasteiger partial charge in [0.15, 0.2) is 5.82 Å². The number of fused-ring (bicyclic) bond motifs is 2. The van der Waals surface area contributed by atoms with Gasteiger partial charge in [-0.1, -0.05) is 38.1 Å². The molecule has 5 aromatic rings. The summed E-state index contributed by atoms with van der Waals surface area (Å²) in [6.07, 6.45) is 18.2. The number of pyridine rings is 2. The number of imidazole rings is 1. The number of nitrogens with zero attached hydrogens (tertiary/aromatic N) is 4.